The number of carbonyl (C=O) groups excluding carboxylic acids is 1. The Morgan fingerprint density at radius 3 is 2.75 bits per heavy atom. The number of hydrogen-bond donors (Lipinski definition) is 1. The number of piperidine rings is 1. The van der Waals surface area contributed by atoms with E-state index >= 15 is 0 Å². The van der Waals surface area contributed by atoms with Crippen LogP contribution in [0.15, 0.2) is 22.9 Å². The highest BCUT2D eigenvalue weighted by atomic mass is 16.5. The number of hydrogen-bond acceptors (Lipinski definition) is 6. The van der Waals surface area contributed by atoms with E-state index in [0.29, 0.717) is 18.3 Å². The van der Waals surface area contributed by atoms with E-state index in [1.165, 1.54) is 19.3 Å². The lowest BCUT2D eigenvalue weighted by Gasteiger charge is -2.33. The molecule has 0 radical (unpaired) electrons. The Hall–Kier alpha value is -2.74. The van der Waals surface area contributed by atoms with Gasteiger partial charge in [0.05, 0.1) is 29.2 Å². The molecule has 3 aromatic rings. The number of amides is 1. The van der Waals surface area contributed by atoms with Crippen molar-refractivity contribution in [2.45, 2.75) is 70.8 Å². The molecule has 1 saturated carbocycles. The number of nitrogens with one attached hydrogen (secondary N) is 1. The molecule has 0 spiro atoms. The van der Waals surface area contributed by atoms with Gasteiger partial charge in [-0.25, -0.2) is 9.50 Å². The van der Waals surface area contributed by atoms with Crippen LogP contribution < -0.4 is 5.32 Å². The van der Waals surface area contributed by atoms with Gasteiger partial charge in [-0.3, -0.25) is 9.69 Å². The van der Waals surface area contributed by atoms with Crippen molar-refractivity contribution in [1.29, 1.82) is 0 Å². The van der Waals surface area contributed by atoms with Crippen LogP contribution in [0.3, 0.4) is 0 Å². The van der Waals surface area contributed by atoms with Crippen molar-refractivity contribution in [3.8, 4) is 11.3 Å². The zero-order chi connectivity index (χ0) is 22.1. The first kappa shape index (κ1) is 21.1. The number of aryl methyl sites for hydroxylation is 2. The van der Waals surface area contributed by atoms with E-state index in [1.54, 1.807) is 0 Å². The minimum atomic E-state index is 0.151. The van der Waals surface area contributed by atoms with Gasteiger partial charge in [0, 0.05) is 36.8 Å². The van der Waals surface area contributed by atoms with E-state index in [-0.39, 0.29) is 11.8 Å². The minimum absolute atomic E-state index is 0.151. The van der Waals surface area contributed by atoms with Crippen LogP contribution in [0.25, 0.3) is 17.0 Å². The van der Waals surface area contributed by atoms with Crippen LogP contribution in [0.2, 0.25) is 0 Å². The lowest BCUT2D eigenvalue weighted by Crippen LogP contribution is -2.45. The molecule has 3 aromatic heterocycles. The molecule has 5 rings (SSSR count). The van der Waals surface area contributed by atoms with Crippen molar-refractivity contribution in [1.82, 2.24) is 30.0 Å². The molecule has 2 aliphatic rings. The molecule has 0 bridgehead atoms. The summed E-state index contributed by atoms with van der Waals surface area (Å²) in [7, 11) is 0. The molecule has 1 atom stereocenters. The lowest BCUT2D eigenvalue weighted by molar-refractivity contribution is -0.123. The van der Waals surface area contributed by atoms with Crippen LogP contribution in [-0.2, 0) is 4.79 Å². The minimum Gasteiger partial charge on any atom is -0.356 e. The Bertz CT molecular complexity index is 1100. The molecule has 2 fully saturated rings. The first-order chi connectivity index (χ1) is 15.6. The van der Waals surface area contributed by atoms with Gasteiger partial charge in [-0.05, 0) is 46.1 Å². The molecule has 4 heterocycles. The molecule has 1 N–H and O–H groups in total. The van der Waals surface area contributed by atoms with Crippen molar-refractivity contribution in [2.75, 3.05) is 19.6 Å². The number of carbonyl (C=O) groups is 1. The van der Waals surface area contributed by atoms with E-state index in [4.69, 9.17) is 9.62 Å². The zero-order valence-electron chi connectivity index (χ0n) is 19.0. The largest absolute Gasteiger partial charge is 0.356 e. The first-order valence-electron chi connectivity index (χ1n) is 11.9. The molecule has 170 valence electrons. The summed E-state index contributed by atoms with van der Waals surface area (Å²) < 4.78 is 7.56. The highest BCUT2D eigenvalue weighted by Crippen LogP contribution is 2.35. The molecule has 32 heavy (non-hydrogen) atoms. The van der Waals surface area contributed by atoms with Crippen molar-refractivity contribution >= 4 is 11.6 Å². The van der Waals surface area contributed by atoms with Crippen molar-refractivity contribution in [3.05, 3.63) is 35.4 Å². The summed E-state index contributed by atoms with van der Waals surface area (Å²) >= 11 is 0. The number of likely N-dealkylation sites (tertiary alicyclic amines) is 1. The zero-order valence-corrected chi connectivity index (χ0v) is 19.0. The Morgan fingerprint density at radius 1 is 1.12 bits per heavy atom. The number of rotatable bonds is 5. The standard InChI is InChI=1S/C24H32N6O2/c1-16-12-22-25-13-20(21-11-17(2)28-32-21)24(30(22)27-16)18-7-6-10-29(14-18)15-23(31)26-19-8-4-3-5-9-19/h11-13,18-19H,3-10,14-15H2,1-2H3,(H,26,31)/t18-/m0/s1. The number of nitrogens with zero attached hydrogens (tertiary/aromatic N) is 5. The predicted octanol–water partition coefficient (Wildman–Crippen LogP) is 3.63. The van der Waals surface area contributed by atoms with Gasteiger partial charge in [0.1, 0.15) is 0 Å². The summed E-state index contributed by atoms with van der Waals surface area (Å²) in [4.78, 5) is 19.6. The van der Waals surface area contributed by atoms with Crippen molar-refractivity contribution in [3.63, 3.8) is 0 Å². The van der Waals surface area contributed by atoms with E-state index in [2.05, 4.69) is 20.4 Å². The average Bonchev–Trinajstić information content (AvgIpc) is 3.38. The van der Waals surface area contributed by atoms with Crippen molar-refractivity contribution < 1.29 is 9.32 Å². The fourth-order valence-corrected chi connectivity index (χ4v) is 5.28. The maximum atomic E-state index is 12.7. The molecule has 1 saturated heterocycles. The van der Waals surface area contributed by atoms with Crippen LogP contribution in [0.5, 0.6) is 0 Å². The molecule has 8 heteroatoms. The highest BCUT2D eigenvalue weighted by molar-refractivity contribution is 5.78. The van der Waals surface area contributed by atoms with E-state index in [9.17, 15) is 4.79 Å². The van der Waals surface area contributed by atoms with Crippen molar-refractivity contribution in [2.24, 2.45) is 0 Å². The quantitative estimate of drug-likeness (QED) is 0.657. The second-order valence-electron chi connectivity index (χ2n) is 9.42. The lowest BCUT2D eigenvalue weighted by atomic mass is 9.91. The van der Waals surface area contributed by atoms with Crippen LogP contribution in [0.1, 0.15) is 67.9 Å². The van der Waals surface area contributed by atoms with Gasteiger partial charge in [0.25, 0.3) is 0 Å². The maximum Gasteiger partial charge on any atom is 0.234 e. The molecule has 8 nitrogen and oxygen atoms in total. The summed E-state index contributed by atoms with van der Waals surface area (Å²) in [6.07, 6.45) is 9.92. The maximum absolute atomic E-state index is 12.7. The summed E-state index contributed by atoms with van der Waals surface area (Å²) in [5.74, 6) is 1.10. The summed E-state index contributed by atoms with van der Waals surface area (Å²) in [6, 6.07) is 4.29. The van der Waals surface area contributed by atoms with E-state index in [0.717, 1.165) is 67.1 Å². The van der Waals surface area contributed by atoms with Gasteiger partial charge in [0.2, 0.25) is 5.91 Å². The normalized spacial score (nSPS) is 20.6. The fraction of sp³-hybridized carbons (Fsp3) is 0.583. The SMILES string of the molecule is Cc1cc(-c2cnc3cc(C)nn3c2[C@H]2CCCN(CC(=O)NC3CCCCC3)C2)on1. The van der Waals surface area contributed by atoms with Gasteiger partial charge >= 0.3 is 0 Å². The van der Waals surface area contributed by atoms with Gasteiger partial charge in [-0.15, -0.1) is 0 Å². The molecule has 1 aliphatic carbocycles. The molecule has 1 aliphatic heterocycles. The molecule has 1 amide bonds. The Labute approximate surface area is 188 Å². The highest BCUT2D eigenvalue weighted by Gasteiger charge is 2.29. The van der Waals surface area contributed by atoms with Gasteiger partial charge in [0.15, 0.2) is 11.4 Å². The third-order valence-electron chi connectivity index (χ3n) is 6.77. The van der Waals surface area contributed by atoms with Crippen LogP contribution in [0.4, 0.5) is 0 Å². The average molecular weight is 437 g/mol. The fourth-order valence-electron chi connectivity index (χ4n) is 5.28. The Morgan fingerprint density at radius 2 is 1.97 bits per heavy atom. The molecular weight excluding hydrogens is 404 g/mol. The summed E-state index contributed by atoms with van der Waals surface area (Å²) in [5, 5.41) is 12.1. The van der Waals surface area contributed by atoms with E-state index in [1.807, 2.05) is 36.7 Å². The van der Waals surface area contributed by atoms with E-state index < -0.39 is 0 Å². The number of fused-ring (bicyclic) bond motifs is 1. The number of aromatic nitrogens is 4. The molecule has 0 aromatic carbocycles. The third-order valence-corrected chi connectivity index (χ3v) is 6.77. The second kappa shape index (κ2) is 9.02. The third kappa shape index (κ3) is 4.41. The molecule has 0 unspecified atom stereocenters. The summed E-state index contributed by atoms with van der Waals surface area (Å²) in [6.45, 7) is 6.12. The van der Waals surface area contributed by atoms with Crippen LogP contribution >= 0.6 is 0 Å². The second-order valence-corrected chi connectivity index (χ2v) is 9.42. The Kier molecular flexibility index (Phi) is 5.95. The van der Waals surface area contributed by atoms with Gasteiger partial charge in [-0.2, -0.15) is 5.10 Å². The van der Waals surface area contributed by atoms with Crippen LogP contribution in [-0.4, -0.2) is 56.2 Å². The van der Waals surface area contributed by atoms with Crippen LogP contribution in [0, 0.1) is 13.8 Å². The summed E-state index contributed by atoms with van der Waals surface area (Å²) in [5.41, 5.74) is 4.64. The van der Waals surface area contributed by atoms with Gasteiger partial charge < -0.3 is 9.84 Å². The first-order valence-corrected chi connectivity index (χ1v) is 11.9. The Balaban J connectivity index is 1.38. The van der Waals surface area contributed by atoms with Gasteiger partial charge in [-0.1, -0.05) is 24.4 Å². The predicted molar refractivity (Wildman–Crippen MR) is 121 cm³/mol. The molecular formula is C24H32N6O2. The monoisotopic (exact) mass is 436 g/mol. The topological polar surface area (TPSA) is 88.6 Å². The smallest absolute Gasteiger partial charge is 0.234 e.